The SMILES string of the molecule is COc1ccccc1CN1CCc2c(nc(N3C[C@@H](C)O[C@H](C)C3)[nH]c2=O)C1. The maximum Gasteiger partial charge on any atom is 0.255 e. The van der Waals surface area contributed by atoms with E-state index in [2.05, 4.69) is 20.9 Å². The lowest BCUT2D eigenvalue weighted by atomic mass is 10.1. The van der Waals surface area contributed by atoms with Crippen LogP contribution < -0.4 is 15.2 Å². The number of ether oxygens (including phenoxy) is 2. The fourth-order valence-corrected chi connectivity index (χ4v) is 4.19. The van der Waals surface area contributed by atoms with E-state index >= 15 is 0 Å². The van der Waals surface area contributed by atoms with Crippen molar-refractivity contribution >= 4 is 5.95 Å². The van der Waals surface area contributed by atoms with Gasteiger partial charge >= 0.3 is 0 Å². The number of benzene rings is 1. The van der Waals surface area contributed by atoms with E-state index in [0.717, 1.165) is 48.7 Å². The van der Waals surface area contributed by atoms with Crippen LogP contribution in [0.5, 0.6) is 5.75 Å². The van der Waals surface area contributed by atoms with E-state index in [9.17, 15) is 4.79 Å². The van der Waals surface area contributed by atoms with Crippen molar-refractivity contribution in [3.05, 3.63) is 51.4 Å². The van der Waals surface area contributed by atoms with Crippen molar-refractivity contribution in [1.82, 2.24) is 14.9 Å². The van der Waals surface area contributed by atoms with Gasteiger partial charge in [0.25, 0.3) is 5.56 Å². The molecule has 4 rings (SSSR count). The molecule has 0 spiro atoms. The first-order chi connectivity index (χ1) is 13.5. The molecule has 0 unspecified atom stereocenters. The highest BCUT2D eigenvalue weighted by Crippen LogP contribution is 2.24. The monoisotopic (exact) mass is 384 g/mol. The molecule has 28 heavy (non-hydrogen) atoms. The van der Waals surface area contributed by atoms with Crippen LogP contribution in [0.25, 0.3) is 0 Å². The highest BCUT2D eigenvalue weighted by molar-refractivity contribution is 5.36. The lowest BCUT2D eigenvalue weighted by Crippen LogP contribution is -2.47. The van der Waals surface area contributed by atoms with Crippen LogP contribution >= 0.6 is 0 Å². The molecule has 0 aliphatic carbocycles. The van der Waals surface area contributed by atoms with Gasteiger partial charge in [-0.05, 0) is 26.3 Å². The molecule has 7 heteroatoms. The Kier molecular flexibility index (Phi) is 5.37. The standard InChI is InChI=1S/C21H28N4O3/c1-14-10-25(11-15(2)28-14)21-22-18-13-24(9-8-17(18)20(26)23-21)12-16-6-4-5-7-19(16)27-3/h4-7,14-15H,8-13H2,1-3H3,(H,22,23,26)/t14-,15-/m1/s1. The van der Waals surface area contributed by atoms with E-state index < -0.39 is 0 Å². The molecule has 1 fully saturated rings. The van der Waals surface area contributed by atoms with Crippen LogP contribution in [0.3, 0.4) is 0 Å². The normalized spacial score (nSPS) is 22.8. The number of rotatable bonds is 4. The molecule has 7 nitrogen and oxygen atoms in total. The van der Waals surface area contributed by atoms with Crippen LogP contribution in [-0.2, 0) is 24.2 Å². The molecular weight excluding hydrogens is 356 g/mol. The fraction of sp³-hybridized carbons (Fsp3) is 0.524. The molecule has 3 heterocycles. The minimum Gasteiger partial charge on any atom is -0.496 e. The Balaban J connectivity index is 1.56. The minimum atomic E-state index is -0.0104. The molecule has 2 aliphatic rings. The van der Waals surface area contributed by atoms with Crippen molar-refractivity contribution in [3.8, 4) is 5.75 Å². The van der Waals surface area contributed by atoms with Crippen LogP contribution in [0.4, 0.5) is 5.95 Å². The first-order valence-corrected chi connectivity index (χ1v) is 9.90. The van der Waals surface area contributed by atoms with Gasteiger partial charge in [-0.15, -0.1) is 0 Å². The van der Waals surface area contributed by atoms with Crippen molar-refractivity contribution in [1.29, 1.82) is 0 Å². The van der Waals surface area contributed by atoms with E-state index in [1.165, 1.54) is 0 Å². The summed E-state index contributed by atoms with van der Waals surface area (Å²) in [6.07, 6.45) is 0.947. The Hall–Kier alpha value is -2.38. The summed E-state index contributed by atoms with van der Waals surface area (Å²) >= 11 is 0. The number of hydrogen-bond donors (Lipinski definition) is 1. The lowest BCUT2D eigenvalue weighted by molar-refractivity contribution is -0.00576. The quantitative estimate of drug-likeness (QED) is 0.869. The first-order valence-electron chi connectivity index (χ1n) is 9.90. The number of aromatic nitrogens is 2. The molecule has 0 amide bonds. The second-order valence-electron chi connectivity index (χ2n) is 7.75. The van der Waals surface area contributed by atoms with E-state index in [0.29, 0.717) is 18.9 Å². The smallest absolute Gasteiger partial charge is 0.255 e. The van der Waals surface area contributed by atoms with Gasteiger partial charge in [-0.1, -0.05) is 18.2 Å². The number of nitrogens with zero attached hydrogens (tertiary/aromatic N) is 3. The molecule has 0 bridgehead atoms. The summed E-state index contributed by atoms with van der Waals surface area (Å²) in [4.78, 5) is 24.9. The number of fused-ring (bicyclic) bond motifs is 1. The molecule has 0 saturated carbocycles. The summed E-state index contributed by atoms with van der Waals surface area (Å²) in [7, 11) is 1.70. The van der Waals surface area contributed by atoms with Crippen molar-refractivity contribution in [2.45, 2.75) is 45.6 Å². The summed E-state index contributed by atoms with van der Waals surface area (Å²) < 4.78 is 11.3. The minimum absolute atomic E-state index is 0.0104. The van der Waals surface area contributed by atoms with Crippen LogP contribution in [0, 0.1) is 0 Å². The number of nitrogens with one attached hydrogen (secondary N) is 1. The van der Waals surface area contributed by atoms with Gasteiger partial charge in [-0.2, -0.15) is 0 Å². The number of methoxy groups -OCH3 is 1. The summed E-state index contributed by atoms with van der Waals surface area (Å²) in [5.41, 5.74) is 2.83. The van der Waals surface area contributed by atoms with Crippen molar-refractivity contribution in [3.63, 3.8) is 0 Å². The summed E-state index contributed by atoms with van der Waals surface area (Å²) in [5, 5.41) is 0. The molecule has 1 aromatic heterocycles. The average molecular weight is 384 g/mol. The molecule has 1 saturated heterocycles. The first kappa shape index (κ1) is 19.0. The van der Waals surface area contributed by atoms with E-state index in [4.69, 9.17) is 14.5 Å². The van der Waals surface area contributed by atoms with Crippen molar-refractivity contribution in [2.75, 3.05) is 31.6 Å². The second kappa shape index (κ2) is 7.93. The summed E-state index contributed by atoms with van der Waals surface area (Å²) in [6.45, 7) is 7.84. The third kappa shape index (κ3) is 3.91. The molecule has 2 aromatic rings. The Morgan fingerprint density at radius 3 is 2.75 bits per heavy atom. The van der Waals surface area contributed by atoms with Gasteiger partial charge in [0.15, 0.2) is 0 Å². The van der Waals surface area contributed by atoms with Crippen LogP contribution in [0.2, 0.25) is 0 Å². The molecule has 0 radical (unpaired) electrons. The number of H-pyrrole nitrogens is 1. The predicted octanol–water partition coefficient (Wildman–Crippen LogP) is 1.95. The topological polar surface area (TPSA) is 70.7 Å². The summed E-state index contributed by atoms with van der Waals surface area (Å²) in [5.74, 6) is 1.55. The van der Waals surface area contributed by atoms with Gasteiger partial charge in [0, 0.05) is 43.9 Å². The van der Waals surface area contributed by atoms with E-state index in [1.54, 1.807) is 7.11 Å². The highest BCUT2D eigenvalue weighted by Gasteiger charge is 2.27. The van der Waals surface area contributed by atoms with Gasteiger partial charge in [0.1, 0.15) is 5.75 Å². The molecule has 150 valence electrons. The van der Waals surface area contributed by atoms with Gasteiger partial charge in [-0.3, -0.25) is 14.7 Å². The van der Waals surface area contributed by atoms with Gasteiger partial charge in [0.2, 0.25) is 5.95 Å². The zero-order chi connectivity index (χ0) is 19.7. The third-order valence-electron chi connectivity index (χ3n) is 5.45. The van der Waals surface area contributed by atoms with Crippen molar-refractivity contribution in [2.24, 2.45) is 0 Å². The molecule has 2 aliphatic heterocycles. The highest BCUT2D eigenvalue weighted by atomic mass is 16.5. The van der Waals surface area contributed by atoms with Crippen molar-refractivity contribution < 1.29 is 9.47 Å². The number of hydrogen-bond acceptors (Lipinski definition) is 6. The maximum absolute atomic E-state index is 12.7. The zero-order valence-corrected chi connectivity index (χ0v) is 16.8. The van der Waals surface area contributed by atoms with Crippen LogP contribution in [0.15, 0.2) is 29.1 Å². The summed E-state index contributed by atoms with van der Waals surface area (Å²) in [6, 6.07) is 8.07. The number of para-hydroxylation sites is 1. The Morgan fingerprint density at radius 1 is 1.25 bits per heavy atom. The fourth-order valence-electron chi connectivity index (χ4n) is 4.19. The van der Waals surface area contributed by atoms with Crippen LogP contribution in [-0.4, -0.2) is 53.8 Å². The van der Waals surface area contributed by atoms with E-state index in [-0.39, 0.29) is 17.8 Å². The Bertz CT molecular complexity index is 887. The number of aromatic amines is 1. The van der Waals surface area contributed by atoms with E-state index in [1.807, 2.05) is 32.0 Å². The predicted molar refractivity (Wildman–Crippen MR) is 108 cm³/mol. The van der Waals surface area contributed by atoms with Gasteiger partial charge in [-0.25, -0.2) is 4.98 Å². The second-order valence-corrected chi connectivity index (χ2v) is 7.75. The number of anilines is 1. The lowest BCUT2D eigenvalue weighted by Gasteiger charge is -2.36. The Morgan fingerprint density at radius 2 is 2.00 bits per heavy atom. The maximum atomic E-state index is 12.7. The average Bonchev–Trinajstić information content (AvgIpc) is 2.67. The molecule has 2 atom stereocenters. The molecule has 1 aromatic carbocycles. The largest absolute Gasteiger partial charge is 0.496 e. The van der Waals surface area contributed by atoms with Crippen LogP contribution in [0.1, 0.15) is 30.7 Å². The zero-order valence-electron chi connectivity index (χ0n) is 16.8. The third-order valence-corrected chi connectivity index (χ3v) is 5.45. The molecular formula is C21H28N4O3. The Labute approximate surface area is 165 Å². The van der Waals surface area contributed by atoms with Gasteiger partial charge < -0.3 is 14.4 Å². The number of morpholine rings is 1. The van der Waals surface area contributed by atoms with Gasteiger partial charge in [0.05, 0.1) is 25.0 Å². The molecule has 1 N–H and O–H groups in total.